The van der Waals surface area contributed by atoms with Gasteiger partial charge < -0.3 is 10.7 Å². The maximum atomic E-state index is 11.7. The van der Waals surface area contributed by atoms with Gasteiger partial charge in [0.15, 0.2) is 0 Å². The van der Waals surface area contributed by atoms with Gasteiger partial charge in [-0.15, -0.1) is 0 Å². The van der Waals surface area contributed by atoms with Crippen molar-refractivity contribution in [2.75, 3.05) is 10.7 Å². The first-order valence-electron chi connectivity index (χ1n) is 6.57. The zero-order chi connectivity index (χ0) is 14.5. The number of nitrogens with two attached hydrogens (primary N) is 1. The largest absolute Gasteiger partial charge is 0.358 e. The van der Waals surface area contributed by atoms with E-state index in [1.807, 2.05) is 6.92 Å². The molecule has 0 bridgehead atoms. The monoisotopic (exact) mass is 278 g/mol. The minimum absolute atomic E-state index is 0.244. The van der Waals surface area contributed by atoms with Crippen LogP contribution in [0.5, 0.6) is 0 Å². The smallest absolute Gasteiger partial charge is 0.249 e. The number of imide groups is 1. The van der Waals surface area contributed by atoms with Gasteiger partial charge in [-0.2, -0.15) is 0 Å². The normalized spacial score (nSPS) is 18.6. The van der Waals surface area contributed by atoms with Gasteiger partial charge in [0.05, 0.1) is 0 Å². The molecule has 1 aliphatic heterocycles. The lowest BCUT2D eigenvalue weighted by atomic mass is 10.1. The van der Waals surface area contributed by atoms with Crippen molar-refractivity contribution in [2.24, 2.45) is 5.84 Å². The van der Waals surface area contributed by atoms with E-state index < -0.39 is 6.04 Å². The van der Waals surface area contributed by atoms with Crippen molar-refractivity contribution in [3.63, 3.8) is 0 Å². The van der Waals surface area contributed by atoms with E-state index in [9.17, 15) is 9.59 Å². The van der Waals surface area contributed by atoms with E-state index in [0.717, 1.165) is 12.8 Å². The summed E-state index contributed by atoms with van der Waals surface area (Å²) < 4.78 is 0. The van der Waals surface area contributed by atoms with Crippen molar-refractivity contribution >= 4 is 23.5 Å². The van der Waals surface area contributed by atoms with E-state index >= 15 is 0 Å². The molecule has 0 aliphatic carbocycles. The van der Waals surface area contributed by atoms with E-state index in [2.05, 4.69) is 26.0 Å². The molecule has 0 saturated carbocycles. The van der Waals surface area contributed by atoms with Gasteiger partial charge in [-0.3, -0.25) is 14.9 Å². The SMILES string of the molecule is CCCc1nc(NN)cc(NC2CCC(=O)NC2=O)n1. The van der Waals surface area contributed by atoms with Crippen LogP contribution in [0.4, 0.5) is 11.6 Å². The molecule has 0 spiro atoms. The van der Waals surface area contributed by atoms with Gasteiger partial charge in [0, 0.05) is 18.9 Å². The summed E-state index contributed by atoms with van der Waals surface area (Å²) in [7, 11) is 0. The van der Waals surface area contributed by atoms with Gasteiger partial charge in [-0.1, -0.05) is 6.92 Å². The van der Waals surface area contributed by atoms with Crippen LogP contribution in [0.15, 0.2) is 6.07 Å². The lowest BCUT2D eigenvalue weighted by Gasteiger charge is -2.22. The highest BCUT2D eigenvalue weighted by atomic mass is 16.2. The van der Waals surface area contributed by atoms with E-state index in [1.165, 1.54) is 0 Å². The zero-order valence-electron chi connectivity index (χ0n) is 11.3. The van der Waals surface area contributed by atoms with Crippen LogP contribution in [-0.2, 0) is 16.0 Å². The second-order valence-corrected chi connectivity index (χ2v) is 4.60. The van der Waals surface area contributed by atoms with E-state index in [0.29, 0.717) is 30.3 Å². The Morgan fingerprint density at radius 1 is 1.40 bits per heavy atom. The first kappa shape index (κ1) is 14.2. The van der Waals surface area contributed by atoms with E-state index in [-0.39, 0.29) is 11.8 Å². The number of anilines is 2. The quantitative estimate of drug-likeness (QED) is 0.338. The van der Waals surface area contributed by atoms with Crippen molar-refractivity contribution in [1.82, 2.24) is 15.3 Å². The molecular formula is C12H18N6O2. The van der Waals surface area contributed by atoms with Crippen LogP contribution < -0.4 is 21.9 Å². The molecule has 0 radical (unpaired) electrons. The van der Waals surface area contributed by atoms with Crippen LogP contribution >= 0.6 is 0 Å². The number of hydrogen-bond donors (Lipinski definition) is 4. The summed E-state index contributed by atoms with van der Waals surface area (Å²) in [4.78, 5) is 31.4. The fourth-order valence-corrected chi connectivity index (χ4v) is 1.99. The Morgan fingerprint density at radius 3 is 2.80 bits per heavy atom. The first-order valence-corrected chi connectivity index (χ1v) is 6.57. The Morgan fingerprint density at radius 2 is 2.15 bits per heavy atom. The van der Waals surface area contributed by atoms with Crippen LogP contribution in [0, 0.1) is 0 Å². The molecule has 8 nitrogen and oxygen atoms in total. The number of nitrogen functional groups attached to an aromatic ring is 1. The van der Waals surface area contributed by atoms with Gasteiger partial charge in [-0.25, -0.2) is 15.8 Å². The van der Waals surface area contributed by atoms with Crippen LogP contribution in [0.25, 0.3) is 0 Å². The summed E-state index contributed by atoms with van der Waals surface area (Å²) in [5.41, 5.74) is 2.48. The van der Waals surface area contributed by atoms with Gasteiger partial charge in [-0.05, 0) is 12.8 Å². The highest BCUT2D eigenvalue weighted by Gasteiger charge is 2.26. The third-order valence-electron chi connectivity index (χ3n) is 2.96. The minimum Gasteiger partial charge on any atom is -0.358 e. The van der Waals surface area contributed by atoms with Crippen molar-refractivity contribution in [2.45, 2.75) is 38.6 Å². The summed E-state index contributed by atoms with van der Waals surface area (Å²) >= 11 is 0. The van der Waals surface area contributed by atoms with Crippen molar-refractivity contribution in [3.05, 3.63) is 11.9 Å². The number of nitrogens with zero attached hydrogens (tertiary/aromatic N) is 2. The molecule has 1 aliphatic rings. The van der Waals surface area contributed by atoms with Gasteiger partial charge in [0.1, 0.15) is 23.5 Å². The molecule has 1 saturated heterocycles. The molecule has 0 aromatic carbocycles. The molecule has 1 unspecified atom stereocenters. The van der Waals surface area contributed by atoms with Gasteiger partial charge in [0.2, 0.25) is 11.8 Å². The number of aromatic nitrogens is 2. The number of aryl methyl sites for hydroxylation is 1. The molecule has 1 atom stereocenters. The summed E-state index contributed by atoms with van der Waals surface area (Å²) in [6.07, 6.45) is 2.40. The maximum Gasteiger partial charge on any atom is 0.249 e. The van der Waals surface area contributed by atoms with Crippen molar-refractivity contribution in [3.8, 4) is 0 Å². The summed E-state index contributed by atoms with van der Waals surface area (Å²) in [5.74, 6) is 6.45. The average Bonchev–Trinajstić information content (AvgIpc) is 2.42. The fraction of sp³-hybridized carbons (Fsp3) is 0.500. The van der Waals surface area contributed by atoms with E-state index in [4.69, 9.17) is 5.84 Å². The molecule has 20 heavy (non-hydrogen) atoms. The molecule has 2 rings (SSSR count). The predicted octanol–water partition coefficient (Wildman–Crippen LogP) is -0.0682. The summed E-state index contributed by atoms with van der Waals surface area (Å²) in [6, 6.07) is 1.16. The number of carbonyl (C=O) groups excluding carboxylic acids is 2. The molecule has 108 valence electrons. The lowest BCUT2D eigenvalue weighted by Crippen LogP contribution is -2.47. The molecule has 1 aromatic rings. The predicted molar refractivity (Wildman–Crippen MR) is 73.6 cm³/mol. The van der Waals surface area contributed by atoms with Gasteiger partial charge in [0.25, 0.3) is 0 Å². The number of nitrogens with one attached hydrogen (secondary N) is 3. The molecule has 5 N–H and O–H groups in total. The molecule has 8 heteroatoms. The topological polar surface area (TPSA) is 122 Å². The number of amides is 2. The first-order chi connectivity index (χ1) is 9.62. The Kier molecular flexibility index (Phi) is 4.46. The molecule has 2 heterocycles. The van der Waals surface area contributed by atoms with Crippen LogP contribution in [0.3, 0.4) is 0 Å². The van der Waals surface area contributed by atoms with Crippen molar-refractivity contribution < 1.29 is 9.59 Å². The summed E-state index contributed by atoms with van der Waals surface area (Å²) in [5, 5.41) is 5.31. The Labute approximate surface area is 116 Å². The number of hydrazine groups is 1. The fourth-order valence-electron chi connectivity index (χ4n) is 1.99. The molecular weight excluding hydrogens is 260 g/mol. The Hall–Kier alpha value is -2.22. The third-order valence-corrected chi connectivity index (χ3v) is 2.96. The number of carbonyl (C=O) groups is 2. The molecule has 1 aromatic heterocycles. The highest BCUT2D eigenvalue weighted by Crippen LogP contribution is 2.15. The van der Waals surface area contributed by atoms with Crippen LogP contribution in [-0.4, -0.2) is 27.8 Å². The van der Waals surface area contributed by atoms with Crippen LogP contribution in [0.1, 0.15) is 32.0 Å². The second kappa shape index (κ2) is 6.29. The lowest BCUT2D eigenvalue weighted by molar-refractivity contribution is -0.133. The average molecular weight is 278 g/mol. The third kappa shape index (κ3) is 3.41. The second-order valence-electron chi connectivity index (χ2n) is 4.60. The molecule has 2 amide bonds. The van der Waals surface area contributed by atoms with Crippen molar-refractivity contribution in [1.29, 1.82) is 0 Å². The zero-order valence-corrected chi connectivity index (χ0v) is 11.3. The summed E-state index contributed by atoms with van der Waals surface area (Å²) in [6.45, 7) is 2.03. The number of rotatable bonds is 5. The Bertz CT molecular complexity index is 519. The molecule has 1 fully saturated rings. The Balaban J connectivity index is 2.13. The standard InChI is InChI=1S/C12H18N6O2/c1-2-3-8-15-9(6-10(16-8)18-13)14-7-4-5-11(19)17-12(7)20/h6-7H,2-5,13H2,1H3,(H,17,19,20)(H2,14,15,16,18). The van der Waals surface area contributed by atoms with Crippen LogP contribution in [0.2, 0.25) is 0 Å². The number of piperidine rings is 1. The highest BCUT2D eigenvalue weighted by molar-refractivity contribution is 6.01. The minimum atomic E-state index is -0.470. The maximum absolute atomic E-state index is 11.7. The van der Waals surface area contributed by atoms with Gasteiger partial charge >= 0.3 is 0 Å². The van der Waals surface area contributed by atoms with E-state index in [1.54, 1.807) is 6.07 Å². The number of hydrogen-bond acceptors (Lipinski definition) is 7.